The molecule has 0 bridgehead atoms. The molecule has 0 spiro atoms. The Morgan fingerprint density at radius 2 is 1.35 bits per heavy atom. The number of fused-ring (bicyclic) bond motifs is 5. The van der Waals surface area contributed by atoms with Crippen molar-refractivity contribution in [2.45, 2.75) is 31.1 Å². The van der Waals surface area contributed by atoms with E-state index in [9.17, 15) is 0 Å². The predicted molar refractivity (Wildman–Crippen MR) is 135 cm³/mol. The molecule has 0 radical (unpaired) electrons. The second-order valence-electron chi connectivity index (χ2n) is 9.38. The van der Waals surface area contributed by atoms with E-state index in [1.807, 2.05) is 11.8 Å². The molecule has 4 aromatic rings. The molecule has 4 aromatic carbocycles. The Kier molecular flexibility index (Phi) is 4.20. The zero-order chi connectivity index (χ0) is 21.2. The minimum absolute atomic E-state index is 0.00845. The minimum atomic E-state index is -0.00845. The molecule has 6 rings (SSSR count). The number of allylic oxidation sites excluding steroid dienone is 1. The van der Waals surface area contributed by atoms with E-state index in [-0.39, 0.29) is 5.41 Å². The number of thioether (sulfide) groups is 1. The van der Waals surface area contributed by atoms with Crippen LogP contribution in [0.25, 0.3) is 21.9 Å². The van der Waals surface area contributed by atoms with Gasteiger partial charge in [-0.3, -0.25) is 0 Å². The van der Waals surface area contributed by atoms with Crippen molar-refractivity contribution in [1.82, 2.24) is 0 Å². The lowest BCUT2D eigenvalue weighted by atomic mass is 9.65. The highest BCUT2D eigenvalue weighted by Gasteiger charge is 2.37. The van der Waals surface area contributed by atoms with Crippen LogP contribution in [0, 0.1) is 5.92 Å². The van der Waals surface area contributed by atoms with Crippen LogP contribution in [0.4, 0.5) is 0 Å². The molecule has 1 heteroatoms. The summed E-state index contributed by atoms with van der Waals surface area (Å²) in [4.78, 5) is 1.42. The highest BCUT2D eigenvalue weighted by Crippen LogP contribution is 2.53. The van der Waals surface area contributed by atoms with Gasteiger partial charge in [0.15, 0.2) is 0 Å². The van der Waals surface area contributed by atoms with Crippen LogP contribution < -0.4 is 0 Å². The van der Waals surface area contributed by atoms with Gasteiger partial charge < -0.3 is 0 Å². The first kappa shape index (κ1) is 19.0. The summed E-state index contributed by atoms with van der Waals surface area (Å²) in [6.07, 6.45) is 0. The molecule has 1 atom stereocenters. The van der Waals surface area contributed by atoms with Crippen LogP contribution in [0.1, 0.15) is 48.6 Å². The molecule has 31 heavy (non-hydrogen) atoms. The topological polar surface area (TPSA) is 0 Å². The summed E-state index contributed by atoms with van der Waals surface area (Å²) in [6, 6.07) is 31.6. The lowest BCUT2D eigenvalue weighted by Crippen LogP contribution is -2.27. The van der Waals surface area contributed by atoms with Gasteiger partial charge in [0, 0.05) is 16.1 Å². The smallest absolute Gasteiger partial charge is 0.0158 e. The Hall–Kier alpha value is -2.77. The highest BCUT2D eigenvalue weighted by atomic mass is 32.2. The van der Waals surface area contributed by atoms with E-state index < -0.39 is 0 Å². The van der Waals surface area contributed by atoms with Gasteiger partial charge in [-0.25, -0.2) is 0 Å². The number of benzene rings is 4. The average molecular weight is 419 g/mol. The average Bonchev–Trinajstić information content (AvgIpc) is 2.80. The first-order valence-corrected chi connectivity index (χ1v) is 12.1. The van der Waals surface area contributed by atoms with Crippen molar-refractivity contribution in [1.29, 1.82) is 0 Å². The molecule has 0 amide bonds. The first-order chi connectivity index (χ1) is 15.1. The fourth-order valence-electron chi connectivity index (χ4n) is 5.64. The maximum atomic E-state index is 2.41. The van der Waals surface area contributed by atoms with Crippen LogP contribution in [-0.4, -0.2) is 5.75 Å². The van der Waals surface area contributed by atoms with Gasteiger partial charge >= 0.3 is 0 Å². The number of hydrogen-bond acceptors (Lipinski definition) is 1. The van der Waals surface area contributed by atoms with Crippen LogP contribution in [0.5, 0.6) is 0 Å². The second kappa shape index (κ2) is 6.87. The van der Waals surface area contributed by atoms with Gasteiger partial charge in [-0.05, 0) is 61.7 Å². The summed E-state index contributed by atoms with van der Waals surface area (Å²) in [7, 11) is 0. The Balaban J connectivity index is 1.81. The highest BCUT2D eigenvalue weighted by molar-refractivity contribution is 7.99. The van der Waals surface area contributed by atoms with Crippen molar-refractivity contribution in [3.63, 3.8) is 0 Å². The van der Waals surface area contributed by atoms with Crippen LogP contribution in [0.15, 0.2) is 89.8 Å². The van der Waals surface area contributed by atoms with E-state index in [1.54, 1.807) is 0 Å². The van der Waals surface area contributed by atoms with Gasteiger partial charge in [0.25, 0.3) is 0 Å². The van der Waals surface area contributed by atoms with Gasteiger partial charge in [0.1, 0.15) is 0 Å². The SMILES string of the molecule is CC1CSc2ccc3ccccc3c2C1=C1c2ccccc2C(C)(C)c2ccccc21. The zero-order valence-electron chi connectivity index (χ0n) is 18.3. The zero-order valence-corrected chi connectivity index (χ0v) is 19.1. The maximum Gasteiger partial charge on any atom is 0.0158 e. The third kappa shape index (κ3) is 2.69. The summed E-state index contributed by atoms with van der Waals surface area (Å²) < 4.78 is 0. The summed E-state index contributed by atoms with van der Waals surface area (Å²) in [5.41, 5.74) is 10.1. The molecule has 1 aliphatic carbocycles. The molecule has 1 unspecified atom stereocenters. The van der Waals surface area contributed by atoms with E-state index in [2.05, 4.69) is 106 Å². The summed E-state index contributed by atoms with van der Waals surface area (Å²) in [6.45, 7) is 7.15. The number of hydrogen-bond donors (Lipinski definition) is 0. The quantitative estimate of drug-likeness (QED) is 0.277. The Bertz CT molecular complexity index is 1320. The molecule has 0 N–H and O–H groups in total. The van der Waals surface area contributed by atoms with Crippen LogP contribution in [-0.2, 0) is 5.41 Å². The molecule has 152 valence electrons. The monoisotopic (exact) mass is 418 g/mol. The molecule has 0 aromatic heterocycles. The third-order valence-electron chi connectivity index (χ3n) is 7.15. The minimum Gasteiger partial charge on any atom is -0.125 e. The molecular formula is C30H26S. The van der Waals surface area contributed by atoms with Gasteiger partial charge in [-0.15, -0.1) is 11.8 Å². The molecule has 0 fully saturated rings. The molecule has 0 saturated carbocycles. The van der Waals surface area contributed by atoms with E-state index >= 15 is 0 Å². The van der Waals surface area contributed by atoms with Crippen LogP contribution in [0.3, 0.4) is 0 Å². The Labute approximate surface area is 189 Å². The van der Waals surface area contributed by atoms with Crippen LogP contribution >= 0.6 is 11.8 Å². The predicted octanol–water partition coefficient (Wildman–Crippen LogP) is 8.18. The first-order valence-electron chi connectivity index (χ1n) is 11.2. The van der Waals surface area contributed by atoms with E-state index in [1.165, 1.54) is 54.6 Å². The molecule has 0 nitrogen and oxygen atoms in total. The lowest BCUT2D eigenvalue weighted by molar-refractivity contribution is 0.630. The normalized spacial score (nSPS) is 19.0. The summed E-state index contributed by atoms with van der Waals surface area (Å²) in [5, 5.41) is 2.70. The third-order valence-corrected chi connectivity index (χ3v) is 8.47. The van der Waals surface area contributed by atoms with E-state index in [4.69, 9.17) is 0 Å². The molecule has 1 aliphatic heterocycles. The second-order valence-corrected chi connectivity index (χ2v) is 10.4. The van der Waals surface area contributed by atoms with Crippen molar-refractivity contribution in [3.05, 3.63) is 113 Å². The molecular weight excluding hydrogens is 392 g/mol. The van der Waals surface area contributed by atoms with Crippen molar-refractivity contribution >= 4 is 33.7 Å². The van der Waals surface area contributed by atoms with Gasteiger partial charge in [-0.2, -0.15) is 0 Å². The standard InChI is InChI=1S/C30H26S/c1-19-18-31-26-17-16-20-10-4-5-11-21(20)29(26)27(19)28-22-12-6-8-14-24(22)30(2,3)25-15-9-7-13-23(25)28/h4-17,19H,18H2,1-3H3. The summed E-state index contributed by atoms with van der Waals surface area (Å²) in [5.74, 6) is 1.61. The molecule has 0 saturated heterocycles. The Morgan fingerprint density at radius 3 is 2.06 bits per heavy atom. The maximum absolute atomic E-state index is 2.41. The molecule has 1 heterocycles. The van der Waals surface area contributed by atoms with E-state index in [0.29, 0.717) is 5.92 Å². The van der Waals surface area contributed by atoms with Gasteiger partial charge in [-0.1, -0.05) is 99.6 Å². The fourth-order valence-corrected chi connectivity index (χ4v) is 6.76. The molecule has 2 aliphatic rings. The van der Waals surface area contributed by atoms with Crippen LogP contribution in [0.2, 0.25) is 0 Å². The van der Waals surface area contributed by atoms with Crippen molar-refractivity contribution in [3.8, 4) is 0 Å². The number of rotatable bonds is 0. The van der Waals surface area contributed by atoms with Crippen molar-refractivity contribution < 1.29 is 0 Å². The van der Waals surface area contributed by atoms with Crippen molar-refractivity contribution in [2.75, 3.05) is 5.75 Å². The lowest BCUT2D eigenvalue weighted by Gasteiger charge is -2.39. The summed E-state index contributed by atoms with van der Waals surface area (Å²) >= 11 is 2.01. The largest absolute Gasteiger partial charge is 0.125 e. The van der Waals surface area contributed by atoms with Gasteiger partial charge in [0.2, 0.25) is 0 Å². The van der Waals surface area contributed by atoms with Gasteiger partial charge in [0.05, 0.1) is 0 Å². The van der Waals surface area contributed by atoms with E-state index in [0.717, 1.165) is 5.75 Å². The fraction of sp³-hybridized carbons (Fsp3) is 0.200. The van der Waals surface area contributed by atoms with Crippen molar-refractivity contribution in [2.24, 2.45) is 5.92 Å². The Morgan fingerprint density at radius 1 is 0.742 bits per heavy atom.